The van der Waals surface area contributed by atoms with Crippen LogP contribution in [0.1, 0.15) is 35.7 Å². The van der Waals surface area contributed by atoms with E-state index < -0.39 is 5.92 Å². The maximum absolute atomic E-state index is 12.8. The number of hydrogen-bond acceptors (Lipinski definition) is 5. The van der Waals surface area contributed by atoms with E-state index in [0.717, 1.165) is 23.1 Å². The number of anilines is 1. The Morgan fingerprint density at radius 1 is 0.967 bits per heavy atom. The Balaban J connectivity index is 1.67. The van der Waals surface area contributed by atoms with Crippen molar-refractivity contribution in [1.82, 2.24) is 4.98 Å². The number of benzene rings is 2. The lowest BCUT2D eigenvalue weighted by atomic mass is 9.92. The lowest BCUT2D eigenvalue weighted by molar-refractivity contribution is -0.148. The molecule has 0 amide bonds. The summed E-state index contributed by atoms with van der Waals surface area (Å²) in [7, 11) is 0. The van der Waals surface area contributed by atoms with Crippen LogP contribution in [-0.4, -0.2) is 23.3 Å². The van der Waals surface area contributed by atoms with Gasteiger partial charge < -0.3 is 10.5 Å². The molecule has 0 saturated carbocycles. The van der Waals surface area contributed by atoms with Crippen LogP contribution in [-0.2, 0) is 16.0 Å². The smallest absolute Gasteiger partial charge is 0.309 e. The van der Waals surface area contributed by atoms with Crippen LogP contribution in [0.5, 0.6) is 0 Å². The molecule has 1 atom stereocenters. The van der Waals surface area contributed by atoms with Crippen LogP contribution in [0, 0.1) is 5.92 Å². The summed E-state index contributed by atoms with van der Waals surface area (Å²) in [5, 5.41) is 0. The average Bonchev–Trinajstić information content (AvgIpc) is 2.78. The van der Waals surface area contributed by atoms with E-state index in [1.807, 2.05) is 48.5 Å². The van der Waals surface area contributed by atoms with E-state index in [9.17, 15) is 9.59 Å². The topological polar surface area (TPSA) is 82.3 Å². The number of nitrogens with two attached hydrogens (primary N) is 1. The molecular weight excluding hydrogens is 376 g/mol. The van der Waals surface area contributed by atoms with E-state index in [1.165, 1.54) is 0 Å². The van der Waals surface area contributed by atoms with Crippen molar-refractivity contribution in [2.24, 2.45) is 5.92 Å². The van der Waals surface area contributed by atoms with Crippen molar-refractivity contribution in [3.8, 4) is 11.1 Å². The number of aryl methyl sites for hydroxylation is 1. The first-order valence-corrected chi connectivity index (χ1v) is 10.1. The van der Waals surface area contributed by atoms with E-state index in [-0.39, 0.29) is 18.2 Å². The fourth-order valence-electron chi connectivity index (χ4n) is 3.32. The summed E-state index contributed by atoms with van der Waals surface area (Å²) in [5.74, 6) is -0.376. The van der Waals surface area contributed by atoms with Gasteiger partial charge in [-0.2, -0.15) is 0 Å². The van der Waals surface area contributed by atoms with Crippen LogP contribution in [0.25, 0.3) is 11.1 Å². The third-order valence-electron chi connectivity index (χ3n) is 5.00. The molecule has 0 radical (unpaired) electrons. The van der Waals surface area contributed by atoms with Gasteiger partial charge in [-0.1, -0.05) is 54.6 Å². The van der Waals surface area contributed by atoms with E-state index in [2.05, 4.69) is 4.98 Å². The van der Waals surface area contributed by atoms with Gasteiger partial charge in [0.05, 0.1) is 12.5 Å². The van der Waals surface area contributed by atoms with Crippen LogP contribution < -0.4 is 5.73 Å². The Bertz CT molecular complexity index is 968. The fourth-order valence-corrected chi connectivity index (χ4v) is 3.32. The standard InChI is InChI=1S/C25H26N2O3/c1-2-30-25(29)21(9-8-18-6-4-3-5-7-18)16-23(28)20-12-10-19(11-13-20)22-14-15-24(26)27-17-22/h3-7,10-15,17,21H,2,8-9,16H2,1H3,(H2,26,27). The summed E-state index contributed by atoms with van der Waals surface area (Å²) < 4.78 is 5.21. The van der Waals surface area contributed by atoms with Gasteiger partial charge in [-0.3, -0.25) is 9.59 Å². The molecule has 5 heteroatoms. The minimum atomic E-state index is -0.460. The molecule has 1 aromatic heterocycles. The summed E-state index contributed by atoms with van der Waals surface area (Å²) in [6, 6.07) is 20.9. The van der Waals surface area contributed by atoms with Crippen LogP contribution >= 0.6 is 0 Å². The van der Waals surface area contributed by atoms with Crippen molar-refractivity contribution < 1.29 is 14.3 Å². The number of aromatic nitrogens is 1. The molecule has 0 bridgehead atoms. The van der Waals surface area contributed by atoms with Crippen molar-refractivity contribution in [2.45, 2.75) is 26.2 Å². The Morgan fingerprint density at radius 3 is 2.30 bits per heavy atom. The Labute approximate surface area is 176 Å². The molecule has 2 aromatic carbocycles. The Hall–Kier alpha value is -3.47. The molecular formula is C25H26N2O3. The van der Waals surface area contributed by atoms with Gasteiger partial charge in [0, 0.05) is 23.7 Å². The number of carbonyl (C=O) groups is 2. The van der Waals surface area contributed by atoms with Crippen LogP contribution in [0.15, 0.2) is 72.9 Å². The summed E-state index contributed by atoms with van der Waals surface area (Å²) in [6.07, 6.45) is 3.13. The lowest BCUT2D eigenvalue weighted by Crippen LogP contribution is -2.22. The highest BCUT2D eigenvalue weighted by Gasteiger charge is 2.23. The first kappa shape index (κ1) is 21.2. The number of nitrogens with zero attached hydrogens (tertiary/aromatic N) is 1. The molecule has 154 valence electrons. The van der Waals surface area contributed by atoms with Gasteiger partial charge >= 0.3 is 5.97 Å². The van der Waals surface area contributed by atoms with E-state index >= 15 is 0 Å². The molecule has 3 rings (SSSR count). The minimum absolute atomic E-state index is 0.0666. The molecule has 3 aromatic rings. The van der Waals surface area contributed by atoms with Gasteiger partial charge in [0.15, 0.2) is 5.78 Å². The molecule has 30 heavy (non-hydrogen) atoms. The van der Waals surface area contributed by atoms with Gasteiger partial charge in [0.1, 0.15) is 5.82 Å². The molecule has 5 nitrogen and oxygen atoms in total. The van der Waals surface area contributed by atoms with Crippen LogP contribution in [0.2, 0.25) is 0 Å². The van der Waals surface area contributed by atoms with Gasteiger partial charge in [-0.15, -0.1) is 0 Å². The van der Waals surface area contributed by atoms with Crippen LogP contribution in [0.3, 0.4) is 0 Å². The number of hydrogen-bond donors (Lipinski definition) is 1. The normalized spacial score (nSPS) is 11.6. The number of esters is 1. The van der Waals surface area contributed by atoms with Crippen LogP contribution in [0.4, 0.5) is 5.82 Å². The van der Waals surface area contributed by atoms with Gasteiger partial charge in [-0.25, -0.2) is 4.98 Å². The molecule has 0 aliphatic rings. The molecule has 1 heterocycles. The first-order valence-electron chi connectivity index (χ1n) is 10.1. The first-order chi connectivity index (χ1) is 14.6. The highest BCUT2D eigenvalue weighted by molar-refractivity contribution is 5.98. The molecule has 0 aliphatic heterocycles. The van der Waals surface area contributed by atoms with Crippen molar-refractivity contribution in [3.63, 3.8) is 0 Å². The maximum atomic E-state index is 12.8. The largest absolute Gasteiger partial charge is 0.466 e. The van der Waals surface area contributed by atoms with Crippen molar-refractivity contribution in [1.29, 1.82) is 0 Å². The number of carbonyl (C=O) groups excluding carboxylic acids is 2. The van der Waals surface area contributed by atoms with Crippen molar-refractivity contribution in [2.75, 3.05) is 12.3 Å². The Morgan fingerprint density at radius 2 is 1.67 bits per heavy atom. The van der Waals surface area contributed by atoms with Gasteiger partial charge in [0.2, 0.25) is 0 Å². The lowest BCUT2D eigenvalue weighted by Gasteiger charge is -2.15. The average molecular weight is 402 g/mol. The predicted octanol–water partition coefficient (Wildman–Crippen LogP) is 4.72. The SMILES string of the molecule is CCOC(=O)C(CCc1ccccc1)CC(=O)c1ccc(-c2ccc(N)nc2)cc1. The highest BCUT2D eigenvalue weighted by atomic mass is 16.5. The minimum Gasteiger partial charge on any atom is -0.466 e. The number of ether oxygens (including phenoxy) is 1. The van der Waals surface area contributed by atoms with E-state index in [1.54, 1.807) is 31.3 Å². The number of pyridine rings is 1. The monoisotopic (exact) mass is 402 g/mol. The second-order valence-electron chi connectivity index (χ2n) is 7.15. The van der Waals surface area contributed by atoms with Gasteiger partial charge in [0.25, 0.3) is 0 Å². The zero-order valence-electron chi connectivity index (χ0n) is 17.1. The Kier molecular flexibility index (Phi) is 7.33. The van der Waals surface area contributed by atoms with Crippen molar-refractivity contribution in [3.05, 3.63) is 84.1 Å². The summed E-state index contributed by atoms with van der Waals surface area (Å²) in [4.78, 5) is 29.3. The number of Topliss-reactive ketones (excluding diaryl/α,β-unsaturated/α-hetero) is 1. The third kappa shape index (κ3) is 5.77. The molecule has 1 unspecified atom stereocenters. The second-order valence-corrected chi connectivity index (χ2v) is 7.15. The quantitative estimate of drug-likeness (QED) is 0.414. The van der Waals surface area contributed by atoms with E-state index in [4.69, 9.17) is 10.5 Å². The second kappa shape index (κ2) is 10.3. The maximum Gasteiger partial charge on any atom is 0.309 e. The molecule has 0 aliphatic carbocycles. The molecule has 0 spiro atoms. The fraction of sp³-hybridized carbons (Fsp3) is 0.240. The summed E-state index contributed by atoms with van der Waals surface area (Å²) >= 11 is 0. The highest BCUT2D eigenvalue weighted by Crippen LogP contribution is 2.22. The van der Waals surface area contributed by atoms with Gasteiger partial charge in [-0.05, 0) is 43.0 Å². The van der Waals surface area contributed by atoms with E-state index in [0.29, 0.717) is 24.4 Å². The van der Waals surface area contributed by atoms with Crippen molar-refractivity contribution >= 4 is 17.6 Å². The number of rotatable bonds is 9. The summed E-state index contributed by atoms with van der Waals surface area (Å²) in [6.45, 7) is 2.08. The zero-order chi connectivity index (χ0) is 21.3. The summed E-state index contributed by atoms with van der Waals surface area (Å²) in [5.41, 5.74) is 9.22. The number of ketones is 1. The zero-order valence-corrected chi connectivity index (χ0v) is 17.1. The third-order valence-corrected chi connectivity index (χ3v) is 5.00. The molecule has 2 N–H and O–H groups in total. The number of nitrogen functional groups attached to an aromatic ring is 1. The molecule has 0 saturated heterocycles. The predicted molar refractivity (Wildman–Crippen MR) is 118 cm³/mol. The molecule has 0 fully saturated rings.